The first-order valence-electron chi connectivity index (χ1n) is 6.32. The molecule has 0 aliphatic heterocycles. The molecule has 2 rings (SSSR count). The second-order valence-electron chi connectivity index (χ2n) is 4.22. The van der Waals surface area contributed by atoms with E-state index in [1.54, 1.807) is 13.3 Å². The number of nitrogens with zero attached hydrogens (tertiary/aromatic N) is 3. The molecular formula is C14H18N4O. The van der Waals surface area contributed by atoms with Gasteiger partial charge in [0, 0.05) is 24.2 Å². The van der Waals surface area contributed by atoms with Gasteiger partial charge in [-0.3, -0.25) is 4.98 Å². The molecule has 2 heterocycles. The second-order valence-corrected chi connectivity index (χ2v) is 4.22. The fourth-order valence-electron chi connectivity index (χ4n) is 1.88. The Morgan fingerprint density at radius 3 is 2.53 bits per heavy atom. The van der Waals surface area contributed by atoms with Crippen LogP contribution in [-0.4, -0.2) is 28.6 Å². The number of ether oxygens (including phenoxy) is 1. The van der Waals surface area contributed by atoms with Gasteiger partial charge in [-0.05, 0) is 24.6 Å². The minimum Gasteiger partial charge on any atom is -0.495 e. The summed E-state index contributed by atoms with van der Waals surface area (Å²) < 4.78 is 5.22. The molecule has 1 atom stereocenters. The maximum absolute atomic E-state index is 5.22. The lowest BCUT2D eigenvalue weighted by atomic mass is 10.0. The highest BCUT2D eigenvalue weighted by Crippen LogP contribution is 2.23. The van der Waals surface area contributed by atoms with Gasteiger partial charge in [-0.15, -0.1) is 0 Å². The Kier molecular flexibility index (Phi) is 4.80. The van der Waals surface area contributed by atoms with Crippen LogP contribution in [0.4, 0.5) is 0 Å². The van der Waals surface area contributed by atoms with Crippen LogP contribution in [0.25, 0.3) is 0 Å². The number of aromatic nitrogens is 3. The predicted octanol–water partition coefficient (Wildman–Crippen LogP) is 1.97. The van der Waals surface area contributed by atoms with Gasteiger partial charge in [0.05, 0.1) is 19.3 Å². The van der Waals surface area contributed by atoms with Crippen molar-refractivity contribution in [2.24, 2.45) is 0 Å². The molecule has 1 N–H and O–H groups in total. The van der Waals surface area contributed by atoms with Crippen LogP contribution in [0.3, 0.4) is 0 Å². The summed E-state index contributed by atoms with van der Waals surface area (Å²) >= 11 is 0. The first-order valence-corrected chi connectivity index (χ1v) is 6.32. The third kappa shape index (κ3) is 3.48. The quantitative estimate of drug-likeness (QED) is 0.858. The minimum absolute atomic E-state index is 0.0312. The Morgan fingerprint density at radius 1 is 1.11 bits per heavy atom. The summed E-state index contributed by atoms with van der Waals surface area (Å²) in [5.41, 5.74) is 2.06. The van der Waals surface area contributed by atoms with Gasteiger partial charge in [-0.2, -0.15) is 0 Å². The monoisotopic (exact) mass is 258 g/mol. The molecule has 0 bridgehead atoms. The van der Waals surface area contributed by atoms with E-state index in [9.17, 15) is 0 Å². The van der Waals surface area contributed by atoms with Crippen molar-refractivity contribution in [3.63, 3.8) is 0 Å². The topological polar surface area (TPSA) is 59.9 Å². The van der Waals surface area contributed by atoms with Crippen LogP contribution >= 0.6 is 0 Å². The molecule has 2 aromatic heterocycles. The van der Waals surface area contributed by atoms with Gasteiger partial charge in [0.2, 0.25) is 0 Å². The zero-order valence-electron chi connectivity index (χ0n) is 11.2. The van der Waals surface area contributed by atoms with Crippen LogP contribution < -0.4 is 10.1 Å². The van der Waals surface area contributed by atoms with Gasteiger partial charge < -0.3 is 10.1 Å². The van der Waals surface area contributed by atoms with E-state index in [1.165, 1.54) is 6.33 Å². The van der Waals surface area contributed by atoms with Gasteiger partial charge >= 0.3 is 0 Å². The van der Waals surface area contributed by atoms with E-state index in [0.717, 1.165) is 29.8 Å². The van der Waals surface area contributed by atoms with Gasteiger partial charge in [0.15, 0.2) is 0 Å². The third-order valence-electron chi connectivity index (χ3n) is 2.82. The molecule has 0 spiro atoms. The maximum Gasteiger partial charge on any atom is 0.137 e. The SMILES string of the molecule is CCCNC(c1cncnc1)c1cncc(OC)c1. The van der Waals surface area contributed by atoms with Gasteiger partial charge in [-0.25, -0.2) is 9.97 Å². The zero-order chi connectivity index (χ0) is 13.5. The molecule has 0 aromatic carbocycles. The van der Waals surface area contributed by atoms with Crippen molar-refractivity contribution in [1.82, 2.24) is 20.3 Å². The number of pyridine rings is 1. The first kappa shape index (κ1) is 13.4. The van der Waals surface area contributed by atoms with Crippen molar-refractivity contribution >= 4 is 0 Å². The van der Waals surface area contributed by atoms with E-state index >= 15 is 0 Å². The van der Waals surface area contributed by atoms with Crippen molar-refractivity contribution in [3.8, 4) is 5.75 Å². The number of rotatable bonds is 6. The van der Waals surface area contributed by atoms with Crippen molar-refractivity contribution in [3.05, 3.63) is 48.3 Å². The summed E-state index contributed by atoms with van der Waals surface area (Å²) in [6.45, 7) is 3.05. The number of hydrogen-bond donors (Lipinski definition) is 1. The van der Waals surface area contributed by atoms with Crippen molar-refractivity contribution in [2.45, 2.75) is 19.4 Å². The Morgan fingerprint density at radius 2 is 1.84 bits per heavy atom. The molecule has 0 radical (unpaired) electrons. The van der Waals surface area contributed by atoms with Crippen LogP contribution in [0, 0.1) is 0 Å². The van der Waals surface area contributed by atoms with Gasteiger partial charge in [-0.1, -0.05) is 6.92 Å². The molecule has 19 heavy (non-hydrogen) atoms. The summed E-state index contributed by atoms with van der Waals surface area (Å²) in [7, 11) is 1.64. The second kappa shape index (κ2) is 6.80. The lowest BCUT2D eigenvalue weighted by molar-refractivity contribution is 0.411. The van der Waals surface area contributed by atoms with E-state index in [0.29, 0.717) is 0 Å². The number of methoxy groups -OCH3 is 1. The molecule has 0 saturated heterocycles. The van der Waals surface area contributed by atoms with Crippen LogP contribution in [-0.2, 0) is 0 Å². The summed E-state index contributed by atoms with van der Waals surface area (Å²) in [6, 6.07) is 2.01. The lowest BCUT2D eigenvalue weighted by Crippen LogP contribution is -2.23. The van der Waals surface area contributed by atoms with E-state index in [4.69, 9.17) is 4.74 Å². The standard InChI is InChI=1S/C14H18N4O/c1-3-4-18-14(12-7-16-10-17-8-12)11-5-13(19-2)9-15-6-11/h5-10,14,18H,3-4H2,1-2H3. The fraction of sp³-hybridized carbons (Fsp3) is 0.357. The van der Waals surface area contributed by atoms with E-state index in [-0.39, 0.29) is 6.04 Å². The largest absolute Gasteiger partial charge is 0.495 e. The van der Waals surface area contributed by atoms with E-state index in [2.05, 4.69) is 27.2 Å². The highest BCUT2D eigenvalue weighted by atomic mass is 16.5. The summed E-state index contributed by atoms with van der Waals surface area (Å²) in [6.07, 6.45) is 9.76. The van der Waals surface area contributed by atoms with E-state index in [1.807, 2.05) is 24.7 Å². The van der Waals surface area contributed by atoms with Crippen LogP contribution in [0.2, 0.25) is 0 Å². The van der Waals surface area contributed by atoms with Crippen molar-refractivity contribution in [2.75, 3.05) is 13.7 Å². The summed E-state index contributed by atoms with van der Waals surface area (Å²) in [5, 5.41) is 3.48. The minimum atomic E-state index is 0.0312. The highest BCUT2D eigenvalue weighted by Gasteiger charge is 2.14. The Balaban J connectivity index is 2.31. The number of hydrogen-bond acceptors (Lipinski definition) is 5. The van der Waals surface area contributed by atoms with Crippen LogP contribution in [0.5, 0.6) is 5.75 Å². The van der Waals surface area contributed by atoms with Crippen LogP contribution in [0.15, 0.2) is 37.2 Å². The summed E-state index contributed by atoms with van der Waals surface area (Å²) in [4.78, 5) is 12.4. The van der Waals surface area contributed by atoms with Crippen molar-refractivity contribution < 1.29 is 4.74 Å². The normalized spacial score (nSPS) is 12.1. The van der Waals surface area contributed by atoms with Gasteiger partial charge in [0.25, 0.3) is 0 Å². The molecule has 100 valence electrons. The summed E-state index contributed by atoms with van der Waals surface area (Å²) in [5.74, 6) is 0.748. The van der Waals surface area contributed by atoms with Crippen LogP contribution in [0.1, 0.15) is 30.5 Å². The Bertz CT molecular complexity index is 504. The molecule has 1 unspecified atom stereocenters. The molecule has 0 saturated carbocycles. The number of nitrogens with one attached hydrogen (secondary N) is 1. The smallest absolute Gasteiger partial charge is 0.137 e. The maximum atomic E-state index is 5.22. The molecule has 5 nitrogen and oxygen atoms in total. The molecule has 0 aliphatic carbocycles. The van der Waals surface area contributed by atoms with Crippen molar-refractivity contribution in [1.29, 1.82) is 0 Å². The first-order chi connectivity index (χ1) is 9.35. The molecule has 2 aromatic rings. The molecule has 0 fully saturated rings. The fourth-order valence-corrected chi connectivity index (χ4v) is 1.88. The zero-order valence-corrected chi connectivity index (χ0v) is 11.2. The Hall–Kier alpha value is -2.01. The third-order valence-corrected chi connectivity index (χ3v) is 2.82. The Labute approximate surface area is 113 Å². The average Bonchev–Trinajstić information content (AvgIpc) is 2.49. The molecule has 5 heteroatoms. The lowest BCUT2D eigenvalue weighted by Gasteiger charge is -2.18. The molecular weight excluding hydrogens is 240 g/mol. The molecule has 0 amide bonds. The van der Waals surface area contributed by atoms with Gasteiger partial charge in [0.1, 0.15) is 12.1 Å². The highest BCUT2D eigenvalue weighted by molar-refractivity contribution is 5.32. The predicted molar refractivity (Wildman–Crippen MR) is 73.0 cm³/mol. The molecule has 0 aliphatic rings. The van der Waals surface area contributed by atoms with E-state index < -0.39 is 0 Å². The average molecular weight is 258 g/mol.